The molecule has 0 saturated carbocycles. The molecule has 1 atom stereocenters. The number of benzene rings is 1. The maximum Gasteiger partial charge on any atom is 0.417 e. The van der Waals surface area contributed by atoms with Crippen molar-refractivity contribution in [3.05, 3.63) is 35.4 Å². The quantitative estimate of drug-likeness (QED) is 0.885. The van der Waals surface area contributed by atoms with E-state index in [1.54, 1.807) is 0 Å². The number of amides is 1. The molecule has 1 saturated heterocycles. The molecular weight excluding hydrogens is 257 g/mol. The highest BCUT2D eigenvalue weighted by molar-refractivity contribution is 5.95. The monoisotopic (exact) mass is 272 g/mol. The van der Waals surface area contributed by atoms with Gasteiger partial charge in [0.05, 0.1) is 11.1 Å². The normalized spacial score (nSPS) is 19.4. The minimum absolute atomic E-state index is 0.155. The summed E-state index contributed by atoms with van der Waals surface area (Å²) < 4.78 is 38.3. The van der Waals surface area contributed by atoms with Gasteiger partial charge in [-0.25, -0.2) is 0 Å². The Bertz CT molecular complexity index is 453. The van der Waals surface area contributed by atoms with Gasteiger partial charge in [0.25, 0.3) is 5.91 Å². The van der Waals surface area contributed by atoms with Gasteiger partial charge < -0.3 is 10.6 Å². The lowest BCUT2D eigenvalue weighted by Gasteiger charge is -2.14. The van der Waals surface area contributed by atoms with Gasteiger partial charge in [0.1, 0.15) is 0 Å². The van der Waals surface area contributed by atoms with E-state index in [0.29, 0.717) is 6.54 Å². The van der Waals surface area contributed by atoms with Gasteiger partial charge in [-0.2, -0.15) is 13.2 Å². The van der Waals surface area contributed by atoms with Crippen LogP contribution in [0.4, 0.5) is 13.2 Å². The summed E-state index contributed by atoms with van der Waals surface area (Å²) in [5, 5.41) is 5.72. The standard InChI is InChI=1S/C13H15F3N2O/c14-13(15,16)11-6-2-1-5-10(11)12(19)18-8-9-4-3-7-17-9/h1-2,5-6,9,17H,3-4,7-8H2,(H,18,19). The largest absolute Gasteiger partial charge is 0.417 e. The molecule has 6 heteroatoms. The van der Waals surface area contributed by atoms with Crippen molar-refractivity contribution in [1.29, 1.82) is 0 Å². The predicted molar refractivity (Wildman–Crippen MR) is 64.8 cm³/mol. The molecule has 1 heterocycles. The lowest BCUT2D eigenvalue weighted by molar-refractivity contribution is -0.137. The van der Waals surface area contributed by atoms with Gasteiger partial charge in [0, 0.05) is 12.6 Å². The lowest BCUT2D eigenvalue weighted by Crippen LogP contribution is -2.37. The van der Waals surface area contributed by atoms with Gasteiger partial charge in [0.15, 0.2) is 0 Å². The molecule has 0 radical (unpaired) electrons. The number of carbonyl (C=O) groups is 1. The van der Waals surface area contributed by atoms with Crippen molar-refractivity contribution in [2.24, 2.45) is 0 Å². The fourth-order valence-electron chi connectivity index (χ4n) is 2.17. The second-order valence-electron chi connectivity index (χ2n) is 4.55. The summed E-state index contributed by atoms with van der Waals surface area (Å²) in [6, 6.07) is 4.97. The van der Waals surface area contributed by atoms with E-state index in [4.69, 9.17) is 0 Å². The van der Waals surface area contributed by atoms with Crippen LogP contribution in [0, 0.1) is 0 Å². The van der Waals surface area contributed by atoms with Crippen LogP contribution in [0.25, 0.3) is 0 Å². The van der Waals surface area contributed by atoms with Crippen LogP contribution in [0.3, 0.4) is 0 Å². The molecule has 1 aliphatic heterocycles. The fourth-order valence-corrected chi connectivity index (χ4v) is 2.17. The van der Waals surface area contributed by atoms with E-state index in [2.05, 4.69) is 10.6 Å². The van der Waals surface area contributed by atoms with Crippen molar-refractivity contribution in [2.45, 2.75) is 25.1 Å². The third-order valence-corrected chi connectivity index (χ3v) is 3.15. The van der Waals surface area contributed by atoms with Crippen LogP contribution >= 0.6 is 0 Å². The molecule has 1 fully saturated rings. The van der Waals surface area contributed by atoms with Gasteiger partial charge in [-0.15, -0.1) is 0 Å². The smallest absolute Gasteiger partial charge is 0.350 e. The number of rotatable bonds is 3. The maximum atomic E-state index is 12.8. The molecule has 19 heavy (non-hydrogen) atoms. The van der Waals surface area contributed by atoms with E-state index in [1.165, 1.54) is 18.2 Å². The van der Waals surface area contributed by atoms with Crippen LogP contribution in [0.15, 0.2) is 24.3 Å². The minimum atomic E-state index is -4.51. The van der Waals surface area contributed by atoms with E-state index in [9.17, 15) is 18.0 Å². The first-order chi connectivity index (χ1) is 8.98. The molecule has 1 unspecified atom stereocenters. The summed E-state index contributed by atoms with van der Waals surface area (Å²) in [5.41, 5.74) is -1.22. The van der Waals surface area contributed by atoms with Crippen LogP contribution in [0.5, 0.6) is 0 Å². The van der Waals surface area contributed by atoms with E-state index in [0.717, 1.165) is 25.5 Å². The Morgan fingerprint density at radius 3 is 2.74 bits per heavy atom. The van der Waals surface area contributed by atoms with Crippen molar-refractivity contribution in [3.8, 4) is 0 Å². The van der Waals surface area contributed by atoms with Crippen LogP contribution in [0.2, 0.25) is 0 Å². The van der Waals surface area contributed by atoms with Crippen LogP contribution in [-0.2, 0) is 6.18 Å². The van der Waals surface area contributed by atoms with Crippen LogP contribution in [0.1, 0.15) is 28.8 Å². The molecule has 0 spiro atoms. The third-order valence-electron chi connectivity index (χ3n) is 3.15. The summed E-state index contributed by atoms with van der Waals surface area (Å²) >= 11 is 0. The second-order valence-corrected chi connectivity index (χ2v) is 4.55. The van der Waals surface area contributed by atoms with Crippen molar-refractivity contribution in [2.75, 3.05) is 13.1 Å². The molecule has 0 aliphatic carbocycles. The summed E-state index contributed by atoms with van der Waals surface area (Å²) in [7, 11) is 0. The van der Waals surface area contributed by atoms with Crippen molar-refractivity contribution in [1.82, 2.24) is 10.6 Å². The molecule has 2 N–H and O–H groups in total. The van der Waals surface area contributed by atoms with Crippen molar-refractivity contribution in [3.63, 3.8) is 0 Å². The summed E-state index contributed by atoms with van der Waals surface area (Å²) in [4.78, 5) is 11.8. The Balaban J connectivity index is 2.06. The molecule has 0 bridgehead atoms. The third kappa shape index (κ3) is 3.47. The van der Waals surface area contributed by atoms with Gasteiger partial charge >= 0.3 is 6.18 Å². The number of carbonyl (C=O) groups excluding carboxylic acids is 1. The van der Waals surface area contributed by atoms with Gasteiger partial charge in [-0.3, -0.25) is 4.79 Å². The Labute approximate surface area is 109 Å². The van der Waals surface area contributed by atoms with E-state index in [-0.39, 0.29) is 11.6 Å². The first-order valence-corrected chi connectivity index (χ1v) is 6.16. The average molecular weight is 272 g/mol. The first-order valence-electron chi connectivity index (χ1n) is 6.16. The van der Waals surface area contributed by atoms with Crippen LogP contribution in [-0.4, -0.2) is 25.0 Å². The molecule has 1 aromatic carbocycles. The predicted octanol–water partition coefficient (Wildman–Crippen LogP) is 2.19. The second kappa shape index (κ2) is 5.61. The summed E-state index contributed by atoms with van der Waals surface area (Å²) in [5.74, 6) is -0.679. The molecule has 104 valence electrons. The topological polar surface area (TPSA) is 41.1 Å². The summed E-state index contributed by atoms with van der Waals surface area (Å²) in [6.45, 7) is 1.24. The lowest BCUT2D eigenvalue weighted by atomic mass is 10.1. The fraction of sp³-hybridized carbons (Fsp3) is 0.462. The Hall–Kier alpha value is -1.56. The van der Waals surface area contributed by atoms with E-state index >= 15 is 0 Å². The zero-order valence-electron chi connectivity index (χ0n) is 10.3. The zero-order chi connectivity index (χ0) is 13.9. The Morgan fingerprint density at radius 1 is 1.37 bits per heavy atom. The van der Waals surface area contributed by atoms with E-state index in [1.807, 2.05) is 0 Å². The molecule has 1 aliphatic rings. The van der Waals surface area contributed by atoms with Gasteiger partial charge in [-0.05, 0) is 31.5 Å². The molecule has 2 rings (SSSR count). The highest BCUT2D eigenvalue weighted by atomic mass is 19.4. The first kappa shape index (κ1) is 13.9. The average Bonchev–Trinajstić information content (AvgIpc) is 2.88. The maximum absolute atomic E-state index is 12.8. The van der Waals surface area contributed by atoms with Gasteiger partial charge in [0.2, 0.25) is 0 Å². The molecule has 3 nitrogen and oxygen atoms in total. The zero-order valence-corrected chi connectivity index (χ0v) is 10.3. The van der Waals surface area contributed by atoms with Crippen LogP contribution < -0.4 is 10.6 Å². The molecule has 1 amide bonds. The Morgan fingerprint density at radius 2 is 2.11 bits per heavy atom. The molecule has 0 aromatic heterocycles. The highest BCUT2D eigenvalue weighted by Gasteiger charge is 2.34. The SMILES string of the molecule is O=C(NCC1CCCN1)c1ccccc1C(F)(F)F. The number of hydrogen-bond acceptors (Lipinski definition) is 2. The minimum Gasteiger partial charge on any atom is -0.350 e. The molecular formula is C13H15F3N2O. The van der Waals surface area contributed by atoms with Crippen molar-refractivity contribution >= 4 is 5.91 Å². The number of halogens is 3. The molecule has 1 aromatic rings. The van der Waals surface area contributed by atoms with Crippen molar-refractivity contribution < 1.29 is 18.0 Å². The highest BCUT2D eigenvalue weighted by Crippen LogP contribution is 2.31. The van der Waals surface area contributed by atoms with E-state index < -0.39 is 17.6 Å². The number of hydrogen-bond donors (Lipinski definition) is 2. The van der Waals surface area contributed by atoms with Gasteiger partial charge in [-0.1, -0.05) is 12.1 Å². The number of alkyl halides is 3. The Kier molecular flexibility index (Phi) is 4.09. The number of nitrogens with one attached hydrogen (secondary N) is 2. The summed E-state index contributed by atoms with van der Waals surface area (Å²) in [6.07, 6.45) is -2.56.